The number of furan rings is 1. The van der Waals surface area contributed by atoms with Crippen LogP contribution in [0.3, 0.4) is 0 Å². The second-order valence-corrected chi connectivity index (χ2v) is 4.41. The van der Waals surface area contributed by atoms with Gasteiger partial charge >= 0.3 is 0 Å². The molecular weight excluding hydrogens is 259 g/mol. The number of pyridine rings is 1. The highest BCUT2D eigenvalue weighted by molar-refractivity contribution is 6.04. The molecule has 0 aliphatic heterocycles. The molecule has 0 saturated heterocycles. The lowest BCUT2D eigenvalue weighted by Gasteiger charge is -2.01. The van der Waals surface area contributed by atoms with Crippen molar-refractivity contribution in [2.45, 2.75) is 6.92 Å². The van der Waals surface area contributed by atoms with Gasteiger partial charge in [0.25, 0.3) is 5.91 Å². The molecule has 0 spiro atoms. The summed E-state index contributed by atoms with van der Waals surface area (Å²) in [5.74, 6) is -0.582. The Bertz CT molecular complexity index is 778. The van der Waals surface area contributed by atoms with Crippen molar-refractivity contribution in [1.82, 2.24) is 4.98 Å². The first-order chi connectivity index (χ1) is 9.61. The quantitative estimate of drug-likeness (QED) is 0.775. The molecule has 100 valence electrons. The third-order valence-electron chi connectivity index (χ3n) is 2.84. The third-order valence-corrected chi connectivity index (χ3v) is 2.84. The lowest BCUT2D eigenvalue weighted by molar-refractivity contribution is 0.0998. The molecule has 0 unspecified atom stereocenters. The minimum Gasteiger partial charge on any atom is -0.449 e. The van der Waals surface area contributed by atoms with Crippen molar-refractivity contribution in [1.29, 1.82) is 0 Å². The van der Waals surface area contributed by atoms with E-state index in [0.717, 1.165) is 5.69 Å². The molecule has 5 heteroatoms. The molecule has 3 aromatic rings. The van der Waals surface area contributed by atoms with Gasteiger partial charge in [-0.3, -0.25) is 4.79 Å². The Kier molecular flexibility index (Phi) is 2.95. The Labute approximate surface area is 114 Å². The van der Waals surface area contributed by atoms with E-state index in [-0.39, 0.29) is 11.6 Å². The first-order valence-corrected chi connectivity index (χ1v) is 6.06. The van der Waals surface area contributed by atoms with Gasteiger partial charge in [-0.2, -0.15) is 0 Å². The molecule has 0 aliphatic rings. The number of halogens is 1. The summed E-state index contributed by atoms with van der Waals surface area (Å²) in [5, 5.41) is 2.63. The van der Waals surface area contributed by atoms with Crippen LogP contribution in [0.15, 0.2) is 46.9 Å². The van der Waals surface area contributed by atoms with Crippen LogP contribution in [0.1, 0.15) is 16.2 Å². The van der Waals surface area contributed by atoms with E-state index in [9.17, 15) is 9.18 Å². The van der Waals surface area contributed by atoms with Crippen molar-refractivity contribution in [3.05, 3.63) is 59.7 Å². The maximum atomic E-state index is 12.8. The molecule has 0 saturated carbocycles. The van der Waals surface area contributed by atoms with Crippen LogP contribution in [0.4, 0.5) is 10.1 Å². The number of carbonyl (C=O) groups is 1. The minimum atomic E-state index is -0.396. The second kappa shape index (κ2) is 4.77. The van der Waals surface area contributed by atoms with E-state index in [1.54, 1.807) is 12.1 Å². The fourth-order valence-electron chi connectivity index (χ4n) is 1.86. The van der Waals surface area contributed by atoms with Crippen molar-refractivity contribution in [2.75, 3.05) is 5.32 Å². The standard InChI is InChI=1S/C15H11FN2O2/c1-9-2-7-13-12(17-9)8-14(20-13)15(19)18-11-5-3-10(16)4-6-11/h2-8H,1H3,(H,18,19). The number of benzene rings is 1. The zero-order valence-corrected chi connectivity index (χ0v) is 10.7. The number of aryl methyl sites for hydroxylation is 1. The van der Waals surface area contributed by atoms with Gasteiger partial charge in [0.05, 0.1) is 0 Å². The van der Waals surface area contributed by atoms with Gasteiger partial charge in [-0.05, 0) is 43.3 Å². The number of hydrogen-bond acceptors (Lipinski definition) is 3. The van der Waals surface area contributed by atoms with E-state index in [1.807, 2.05) is 13.0 Å². The number of amides is 1. The van der Waals surface area contributed by atoms with Gasteiger partial charge in [0.2, 0.25) is 0 Å². The molecule has 2 aromatic heterocycles. The number of carbonyl (C=O) groups excluding carboxylic acids is 1. The highest BCUT2D eigenvalue weighted by Gasteiger charge is 2.13. The highest BCUT2D eigenvalue weighted by atomic mass is 19.1. The van der Waals surface area contributed by atoms with E-state index in [4.69, 9.17) is 4.42 Å². The maximum absolute atomic E-state index is 12.8. The van der Waals surface area contributed by atoms with Crippen LogP contribution < -0.4 is 5.32 Å². The van der Waals surface area contributed by atoms with Crippen LogP contribution in [-0.4, -0.2) is 10.9 Å². The molecule has 4 nitrogen and oxygen atoms in total. The van der Waals surface area contributed by atoms with E-state index in [1.165, 1.54) is 24.3 Å². The molecule has 20 heavy (non-hydrogen) atoms. The third kappa shape index (κ3) is 2.38. The predicted molar refractivity (Wildman–Crippen MR) is 73.1 cm³/mol. The van der Waals surface area contributed by atoms with Gasteiger partial charge in [-0.25, -0.2) is 9.37 Å². The molecule has 1 aromatic carbocycles. The molecular formula is C15H11FN2O2. The molecule has 1 amide bonds. The predicted octanol–water partition coefficient (Wildman–Crippen LogP) is 3.53. The van der Waals surface area contributed by atoms with Gasteiger partial charge in [0.1, 0.15) is 11.3 Å². The summed E-state index contributed by atoms with van der Waals surface area (Å²) in [4.78, 5) is 16.3. The normalized spacial score (nSPS) is 10.7. The summed E-state index contributed by atoms with van der Waals surface area (Å²) in [7, 11) is 0. The SMILES string of the molecule is Cc1ccc2oc(C(=O)Nc3ccc(F)cc3)cc2n1. The largest absolute Gasteiger partial charge is 0.449 e. The molecule has 0 aliphatic carbocycles. The van der Waals surface area contributed by atoms with Gasteiger partial charge < -0.3 is 9.73 Å². The maximum Gasteiger partial charge on any atom is 0.291 e. The number of fused-ring (bicyclic) bond motifs is 1. The minimum absolute atomic E-state index is 0.169. The average Bonchev–Trinajstić information content (AvgIpc) is 2.84. The summed E-state index contributed by atoms with van der Waals surface area (Å²) >= 11 is 0. The van der Waals surface area contributed by atoms with Gasteiger partial charge in [-0.15, -0.1) is 0 Å². The fraction of sp³-hybridized carbons (Fsp3) is 0.0667. The van der Waals surface area contributed by atoms with Crippen molar-refractivity contribution in [3.63, 3.8) is 0 Å². The number of aromatic nitrogens is 1. The number of hydrogen-bond donors (Lipinski definition) is 1. The Morgan fingerprint density at radius 2 is 1.95 bits per heavy atom. The molecule has 1 N–H and O–H groups in total. The van der Waals surface area contributed by atoms with Crippen LogP contribution >= 0.6 is 0 Å². The van der Waals surface area contributed by atoms with Gasteiger partial charge in [0.15, 0.2) is 11.3 Å². The summed E-state index contributed by atoms with van der Waals surface area (Å²) in [5.41, 5.74) is 2.54. The zero-order valence-electron chi connectivity index (χ0n) is 10.7. The van der Waals surface area contributed by atoms with Gasteiger partial charge in [-0.1, -0.05) is 0 Å². The summed E-state index contributed by atoms with van der Waals surface area (Å²) in [6.07, 6.45) is 0. The van der Waals surface area contributed by atoms with E-state index < -0.39 is 5.91 Å². The Balaban J connectivity index is 1.86. The van der Waals surface area contributed by atoms with Gasteiger partial charge in [0, 0.05) is 17.4 Å². The first-order valence-electron chi connectivity index (χ1n) is 6.06. The van der Waals surface area contributed by atoms with Crippen LogP contribution in [0, 0.1) is 12.7 Å². The molecule has 3 rings (SSSR count). The Hall–Kier alpha value is -2.69. The summed E-state index contributed by atoms with van der Waals surface area (Å²) < 4.78 is 18.2. The average molecular weight is 270 g/mol. The number of nitrogens with one attached hydrogen (secondary N) is 1. The van der Waals surface area contributed by atoms with E-state index in [0.29, 0.717) is 16.8 Å². The Morgan fingerprint density at radius 1 is 1.20 bits per heavy atom. The molecule has 0 bridgehead atoms. The summed E-state index contributed by atoms with van der Waals surface area (Å²) in [6, 6.07) is 10.7. The zero-order chi connectivity index (χ0) is 14.1. The van der Waals surface area contributed by atoms with E-state index in [2.05, 4.69) is 10.3 Å². The molecule has 0 radical (unpaired) electrons. The van der Waals surface area contributed by atoms with Crippen LogP contribution in [0.2, 0.25) is 0 Å². The highest BCUT2D eigenvalue weighted by Crippen LogP contribution is 2.19. The van der Waals surface area contributed by atoms with E-state index >= 15 is 0 Å². The molecule has 2 heterocycles. The van der Waals surface area contributed by atoms with Crippen molar-refractivity contribution < 1.29 is 13.6 Å². The lowest BCUT2D eigenvalue weighted by atomic mass is 10.3. The van der Waals surface area contributed by atoms with Crippen molar-refractivity contribution in [2.24, 2.45) is 0 Å². The number of anilines is 1. The number of rotatable bonds is 2. The first kappa shape index (κ1) is 12.3. The second-order valence-electron chi connectivity index (χ2n) is 4.41. The van der Waals surface area contributed by atoms with Crippen molar-refractivity contribution >= 4 is 22.7 Å². The fourth-order valence-corrected chi connectivity index (χ4v) is 1.86. The number of nitrogens with zero attached hydrogens (tertiary/aromatic N) is 1. The van der Waals surface area contributed by atoms with Crippen LogP contribution in [0.25, 0.3) is 11.1 Å². The lowest BCUT2D eigenvalue weighted by Crippen LogP contribution is -2.10. The summed E-state index contributed by atoms with van der Waals surface area (Å²) in [6.45, 7) is 1.87. The molecule has 0 atom stereocenters. The molecule has 0 fully saturated rings. The van der Waals surface area contributed by atoms with Crippen LogP contribution in [0.5, 0.6) is 0 Å². The topological polar surface area (TPSA) is 55.1 Å². The van der Waals surface area contributed by atoms with Crippen molar-refractivity contribution in [3.8, 4) is 0 Å². The Morgan fingerprint density at radius 3 is 2.70 bits per heavy atom. The smallest absolute Gasteiger partial charge is 0.291 e. The monoisotopic (exact) mass is 270 g/mol. The van der Waals surface area contributed by atoms with Crippen LogP contribution in [-0.2, 0) is 0 Å².